The Bertz CT molecular complexity index is 374. The molecule has 0 saturated carbocycles. The fraction of sp³-hybridized carbons (Fsp3) is 0.364. The van der Waals surface area contributed by atoms with Crippen molar-refractivity contribution in [1.29, 1.82) is 0 Å². The highest BCUT2D eigenvalue weighted by Crippen LogP contribution is 2.26. The highest BCUT2D eigenvalue weighted by Gasteiger charge is 2.27. The van der Waals surface area contributed by atoms with E-state index in [0.717, 1.165) is 11.1 Å². The minimum absolute atomic E-state index is 0.00190. The molecule has 3 nitrogen and oxygen atoms in total. The zero-order valence-electron chi connectivity index (χ0n) is 8.33. The van der Waals surface area contributed by atoms with Gasteiger partial charge in [0.15, 0.2) is 0 Å². The van der Waals surface area contributed by atoms with Gasteiger partial charge in [-0.1, -0.05) is 17.7 Å². The van der Waals surface area contributed by atoms with E-state index in [1.165, 1.54) is 5.56 Å². The number of hydrogen-bond donors (Lipinski definition) is 1. The summed E-state index contributed by atoms with van der Waals surface area (Å²) in [4.78, 5) is 11.5. The Hall–Kier alpha value is -1.35. The number of methoxy groups -OCH3 is 1. The molecule has 1 aliphatic rings. The number of carbonyl (C=O) groups excluding carboxylic acids is 1. The lowest BCUT2D eigenvalue weighted by Crippen LogP contribution is -2.22. The number of amides is 1. The van der Waals surface area contributed by atoms with Gasteiger partial charge in [0.2, 0.25) is 0 Å². The van der Waals surface area contributed by atoms with Gasteiger partial charge < -0.3 is 10.1 Å². The molecule has 0 saturated heterocycles. The average molecular weight is 191 g/mol. The fourth-order valence-electron chi connectivity index (χ4n) is 1.79. The lowest BCUT2D eigenvalue weighted by molar-refractivity contribution is 0.0928. The second kappa shape index (κ2) is 3.42. The largest absolute Gasteiger partial charge is 0.382 e. The monoisotopic (exact) mass is 191 g/mol. The topological polar surface area (TPSA) is 38.3 Å². The van der Waals surface area contributed by atoms with Crippen molar-refractivity contribution in [1.82, 2.24) is 5.32 Å². The van der Waals surface area contributed by atoms with Gasteiger partial charge in [-0.25, -0.2) is 0 Å². The number of rotatable bonds is 2. The molecular formula is C11H13NO2. The molecule has 1 aromatic carbocycles. The number of ether oxygens (including phenoxy) is 1. The van der Waals surface area contributed by atoms with Crippen LogP contribution in [0.4, 0.5) is 0 Å². The highest BCUT2D eigenvalue weighted by atomic mass is 16.5. The lowest BCUT2D eigenvalue weighted by Gasteiger charge is -2.09. The van der Waals surface area contributed by atoms with Gasteiger partial charge in [-0.2, -0.15) is 0 Å². The molecular weight excluding hydrogens is 178 g/mol. The number of aryl methyl sites for hydroxylation is 1. The molecule has 14 heavy (non-hydrogen) atoms. The van der Waals surface area contributed by atoms with Gasteiger partial charge in [0.05, 0.1) is 12.6 Å². The Kier molecular flexibility index (Phi) is 2.25. The van der Waals surface area contributed by atoms with Crippen LogP contribution in [0.1, 0.15) is 27.5 Å². The smallest absolute Gasteiger partial charge is 0.252 e. The number of benzene rings is 1. The fourth-order valence-corrected chi connectivity index (χ4v) is 1.79. The van der Waals surface area contributed by atoms with E-state index in [1.54, 1.807) is 7.11 Å². The van der Waals surface area contributed by atoms with E-state index in [1.807, 2.05) is 25.1 Å². The molecule has 1 aliphatic heterocycles. The highest BCUT2D eigenvalue weighted by molar-refractivity contribution is 5.99. The second-order valence-electron chi connectivity index (χ2n) is 3.57. The third kappa shape index (κ3) is 1.40. The van der Waals surface area contributed by atoms with Crippen molar-refractivity contribution in [2.75, 3.05) is 13.7 Å². The minimum Gasteiger partial charge on any atom is -0.382 e. The predicted molar refractivity (Wildman–Crippen MR) is 53.3 cm³/mol. The lowest BCUT2D eigenvalue weighted by atomic mass is 10.0. The van der Waals surface area contributed by atoms with E-state index < -0.39 is 0 Å². The molecule has 0 fully saturated rings. The molecule has 1 N–H and O–H groups in total. The average Bonchev–Trinajstić information content (AvgIpc) is 2.44. The minimum atomic E-state index is 0.00190. The number of nitrogens with one attached hydrogen (secondary N) is 1. The Morgan fingerprint density at radius 3 is 3.00 bits per heavy atom. The summed E-state index contributed by atoms with van der Waals surface area (Å²) in [6.07, 6.45) is 0. The van der Waals surface area contributed by atoms with Crippen LogP contribution < -0.4 is 5.32 Å². The van der Waals surface area contributed by atoms with E-state index in [4.69, 9.17) is 4.74 Å². The summed E-state index contributed by atoms with van der Waals surface area (Å²) in [5.74, 6) is 0.00190. The van der Waals surface area contributed by atoms with Gasteiger partial charge >= 0.3 is 0 Å². The van der Waals surface area contributed by atoms with Crippen LogP contribution in [0.3, 0.4) is 0 Å². The van der Waals surface area contributed by atoms with Crippen molar-refractivity contribution in [3.8, 4) is 0 Å². The molecule has 0 aliphatic carbocycles. The van der Waals surface area contributed by atoms with Crippen LogP contribution in [0.5, 0.6) is 0 Å². The first-order chi connectivity index (χ1) is 6.72. The van der Waals surface area contributed by atoms with Gasteiger partial charge in [-0.15, -0.1) is 0 Å². The van der Waals surface area contributed by atoms with Gasteiger partial charge in [-0.3, -0.25) is 4.79 Å². The quantitative estimate of drug-likeness (QED) is 0.767. The summed E-state index contributed by atoms with van der Waals surface area (Å²) in [6.45, 7) is 2.55. The van der Waals surface area contributed by atoms with Crippen LogP contribution in [0.2, 0.25) is 0 Å². The van der Waals surface area contributed by atoms with Crippen molar-refractivity contribution >= 4 is 5.91 Å². The molecule has 1 amide bonds. The van der Waals surface area contributed by atoms with Crippen molar-refractivity contribution in [2.45, 2.75) is 13.0 Å². The summed E-state index contributed by atoms with van der Waals surface area (Å²) >= 11 is 0. The second-order valence-corrected chi connectivity index (χ2v) is 3.57. The standard InChI is InChI=1S/C11H13NO2/c1-7-3-4-8-9(5-7)10(6-14-2)12-11(8)13/h3-5,10H,6H2,1-2H3,(H,12,13). The van der Waals surface area contributed by atoms with Gasteiger partial charge in [0.1, 0.15) is 0 Å². The van der Waals surface area contributed by atoms with Gasteiger partial charge in [0, 0.05) is 12.7 Å². The SMILES string of the molecule is COCC1NC(=O)c2ccc(C)cc21. The van der Waals surface area contributed by atoms with Crippen LogP contribution in [0.25, 0.3) is 0 Å². The maximum absolute atomic E-state index is 11.5. The predicted octanol–water partition coefficient (Wildman–Crippen LogP) is 1.43. The molecule has 1 heterocycles. The number of fused-ring (bicyclic) bond motifs is 1. The Morgan fingerprint density at radius 2 is 2.29 bits per heavy atom. The first-order valence-corrected chi connectivity index (χ1v) is 4.62. The molecule has 0 aromatic heterocycles. The van der Waals surface area contributed by atoms with E-state index in [9.17, 15) is 4.79 Å². The molecule has 1 aromatic rings. The molecule has 74 valence electrons. The first kappa shape index (κ1) is 9.21. The summed E-state index contributed by atoms with van der Waals surface area (Å²) in [7, 11) is 1.64. The van der Waals surface area contributed by atoms with Crippen molar-refractivity contribution in [2.24, 2.45) is 0 Å². The van der Waals surface area contributed by atoms with E-state index in [-0.39, 0.29) is 11.9 Å². The number of carbonyl (C=O) groups is 1. The van der Waals surface area contributed by atoms with Crippen molar-refractivity contribution < 1.29 is 9.53 Å². The Morgan fingerprint density at radius 1 is 1.50 bits per heavy atom. The third-order valence-corrected chi connectivity index (χ3v) is 2.47. The zero-order chi connectivity index (χ0) is 10.1. The van der Waals surface area contributed by atoms with Crippen LogP contribution in [-0.4, -0.2) is 19.6 Å². The van der Waals surface area contributed by atoms with Crippen molar-refractivity contribution in [3.63, 3.8) is 0 Å². The molecule has 0 spiro atoms. The van der Waals surface area contributed by atoms with Crippen LogP contribution in [0.15, 0.2) is 18.2 Å². The van der Waals surface area contributed by atoms with Gasteiger partial charge in [0.25, 0.3) is 5.91 Å². The molecule has 1 unspecified atom stereocenters. The third-order valence-electron chi connectivity index (χ3n) is 2.47. The summed E-state index contributed by atoms with van der Waals surface area (Å²) in [6, 6.07) is 5.88. The summed E-state index contributed by atoms with van der Waals surface area (Å²) in [5.41, 5.74) is 3.00. The van der Waals surface area contributed by atoms with Crippen LogP contribution in [-0.2, 0) is 4.74 Å². The Balaban J connectivity index is 2.40. The molecule has 1 atom stereocenters. The van der Waals surface area contributed by atoms with E-state index in [0.29, 0.717) is 6.61 Å². The molecule has 3 heteroatoms. The van der Waals surface area contributed by atoms with Crippen molar-refractivity contribution in [3.05, 3.63) is 34.9 Å². The normalized spacial score (nSPS) is 19.3. The Labute approximate surface area is 83.1 Å². The van der Waals surface area contributed by atoms with E-state index >= 15 is 0 Å². The summed E-state index contributed by atoms with van der Waals surface area (Å²) < 4.78 is 5.06. The molecule has 0 bridgehead atoms. The summed E-state index contributed by atoms with van der Waals surface area (Å²) in [5, 5.41) is 2.88. The number of hydrogen-bond acceptors (Lipinski definition) is 2. The van der Waals surface area contributed by atoms with Gasteiger partial charge in [-0.05, 0) is 18.6 Å². The maximum atomic E-state index is 11.5. The zero-order valence-corrected chi connectivity index (χ0v) is 8.33. The maximum Gasteiger partial charge on any atom is 0.252 e. The first-order valence-electron chi connectivity index (χ1n) is 4.62. The van der Waals surface area contributed by atoms with Crippen LogP contribution in [0, 0.1) is 6.92 Å². The molecule has 0 radical (unpaired) electrons. The van der Waals surface area contributed by atoms with Crippen LogP contribution >= 0.6 is 0 Å². The van der Waals surface area contributed by atoms with E-state index in [2.05, 4.69) is 5.32 Å². The molecule has 2 rings (SSSR count).